The van der Waals surface area contributed by atoms with Gasteiger partial charge in [-0.1, -0.05) is 18.5 Å². The third-order valence-electron chi connectivity index (χ3n) is 1.81. The van der Waals surface area contributed by atoms with E-state index in [1.165, 1.54) is 0 Å². The molecule has 0 unspecified atom stereocenters. The first-order valence-corrected chi connectivity index (χ1v) is 4.69. The molecule has 0 amide bonds. The highest BCUT2D eigenvalue weighted by Crippen LogP contribution is 2.22. The molecule has 0 aliphatic heterocycles. The highest BCUT2D eigenvalue weighted by Gasteiger charge is 2.02. The fourth-order valence-electron chi connectivity index (χ4n) is 1.14. The van der Waals surface area contributed by atoms with Crippen molar-refractivity contribution in [1.82, 2.24) is 5.32 Å². The predicted molar refractivity (Wildman–Crippen MR) is 62.6 cm³/mol. The summed E-state index contributed by atoms with van der Waals surface area (Å²) in [5.41, 5.74) is 1.09. The van der Waals surface area contributed by atoms with Gasteiger partial charge >= 0.3 is 0 Å². The van der Waals surface area contributed by atoms with Crippen LogP contribution in [-0.4, -0.2) is 13.7 Å². The highest BCUT2D eigenvalue weighted by molar-refractivity contribution is 6.30. The SMILES string of the molecule is CCNCc1cc(Cl)ccc1OC.Cl. The molecule has 0 fully saturated rings. The lowest BCUT2D eigenvalue weighted by molar-refractivity contribution is 0.408. The smallest absolute Gasteiger partial charge is 0.123 e. The lowest BCUT2D eigenvalue weighted by atomic mass is 10.2. The first-order valence-electron chi connectivity index (χ1n) is 4.31. The Hall–Kier alpha value is -0.440. The maximum atomic E-state index is 5.87. The largest absolute Gasteiger partial charge is 0.496 e. The van der Waals surface area contributed by atoms with Crippen LogP contribution in [0.5, 0.6) is 5.75 Å². The molecule has 1 aromatic carbocycles. The zero-order chi connectivity index (χ0) is 9.68. The summed E-state index contributed by atoms with van der Waals surface area (Å²) >= 11 is 5.87. The number of methoxy groups -OCH3 is 1. The van der Waals surface area contributed by atoms with Crippen molar-refractivity contribution in [2.45, 2.75) is 13.5 Å². The molecule has 4 heteroatoms. The standard InChI is InChI=1S/C10H14ClNO.ClH/c1-3-12-7-8-6-9(11)4-5-10(8)13-2;/h4-6,12H,3,7H2,1-2H3;1H. The summed E-state index contributed by atoms with van der Waals surface area (Å²) in [5.74, 6) is 0.880. The predicted octanol–water partition coefficient (Wildman–Crippen LogP) is 2.88. The molecule has 0 saturated heterocycles. The minimum atomic E-state index is 0. The third-order valence-corrected chi connectivity index (χ3v) is 2.04. The molecule has 0 atom stereocenters. The average Bonchev–Trinajstić information content (AvgIpc) is 2.15. The van der Waals surface area contributed by atoms with E-state index in [1.807, 2.05) is 18.2 Å². The Balaban J connectivity index is 0.00000169. The zero-order valence-corrected chi connectivity index (χ0v) is 9.91. The molecule has 0 radical (unpaired) electrons. The first-order chi connectivity index (χ1) is 6.27. The van der Waals surface area contributed by atoms with Gasteiger partial charge in [0.2, 0.25) is 0 Å². The number of hydrogen-bond acceptors (Lipinski definition) is 2. The van der Waals surface area contributed by atoms with Crippen molar-refractivity contribution in [3.63, 3.8) is 0 Å². The number of halogens is 2. The van der Waals surface area contributed by atoms with E-state index in [2.05, 4.69) is 12.2 Å². The van der Waals surface area contributed by atoms with E-state index in [0.717, 1.165) is 29.4 Å². The van der Waals surface area contributed by atoms with Gasteiger partial charge in [-0.15, -0.1) is 12.4 Å². The third kappa shape index (κ3) is 3.74. The van der Waals surface area contributed by atoms with E-state index in [4.69, 9.17) is 16.3 Å². The molecule has 0 spiro atoms. The lowest BCUT2D eigenvalue weighted by Gasteiger charge is -2.08. The Kier molecular flexibility index (Phi) is 6.71. The Bertz CT molecular complexity index is 279. The molecule has 2 nitrogen and oxygen atoms in total. The van der Waals surface area contributed by atoms with E-state index < -0.39 is 0 Å². The van der Waals surface area contributed by atoms with Crippen molar-refractivity contribution in [2.75, 3.05) is 13.7 Å². The molecule has 0 aliphatic carbocycles. The van der Waals surface area contributed by atoms with Crippen LogP contribution in [0.25, 0.3) is 0 Å². The second kappa shape index (κ2) is 6.93. The Morgan fingerprint density at radius 2 is 2.14 bits per heavy atom. The molecule has 0 aromatic heterocycles. The van der Waals surface area contributed by atoms with Crippen molar-refractivity contribution in [3.05, 3.63) is 28.8 Å². The molecule has 0 saturated carbocycles. The number of hydrogen-bond donors (Lipinski definition) is 1. The van der Waals surface area contributed by atoms with Crippen molar-refractivity contribution in [2.24, 2.45) is 0 Å². The summed E-state index contributed by atoms with van der Waals surface area (Å²) in [4.78, 5) is 0. The average molecular weight is 236 g/mol. The molecular weight excluding hydrogens is 221 g/mol. The van der Waals surface area contributed by atoms with Crippen molar-refractivity contribution in [3.8, 4) is 5.75 Å². The van der Waals surface area contributed by atoms with Gasteiger partial charge in [-0.2, -0.15) is 0 Å². The number of benzene rings is 1. The van der Waals surface area contributed by atoms with E-state index in [1.54, 1.807) is 7.11 Å². The van der Waals surface area contributed by atoms with Crippen molar-refractivity contribution in [1.29, 1.82) is 0 Å². The van der Waals surface area contributed by atoms with Crippen molar-refractivity contribution < 1.29 is 4.74 Å². The van der Waals surface area contributed by atoms with Gasteiger partial charge < -0.3 is 10.1 Å². The van der Waals surface area contributed by atoms with Gasteiger partial charge in [0.15, 0.2) is 0 Å². The van der Waals surface area contributed by atoms with Gasteiger partial charge in [-0.25, -0.2) is 0 Å². The van der Waals surface area contributed by atoms with Gasteiger partial charge in [0, 0.05) is 17.1 Å². The highest BCUT2D eigenvalue weighted by atomic mass is 35.5. The molecule has 80 valence electrons. The van der Waals surface area contributed by atoms with E-state index >= 15 is 0 Å². The Labute approximate surface area is 96.0 Å². The molecule has 1 N–H and O–H groups in total. The van der Waals surface area contributed by atoms with Crippen molar-refractivity contribution >= 4 is 24.0 Å². The van der Waals surface area contributed by atoms with Crippen LogP contribution in [0.1, 0.15) is 12.5 Å². The quantitative estimate of drug-likeness (QED) is 0.867. The number of rotatable bonds is 4. The maximum absolute atomic E-state index is 5.87. The van der Waals surface area contributed by atoms with E-state index in [9.17, 15) is 0 Å². The minimum absolute atomic E-state index is 0. The van der Waals surface area contributed by atoms with Crippen LogP contribution in [0.3, 0.4) is 0 Å². The monoisotopic (exact) mass is 235 g/mol. The zero-order valence-electron chi connectivity index (χ0n) is 8.34. The molecule has 1 aromatic rings. The summed E-state index contributed by atoms with van der Waals surface area (Å²) in [7, 11) is 1.67. The van der Waals surface area contributed by atoms with Crippen LogP contribution < -0.4 is 10.1 Å². The fraction of sp³-hybridized carbons (Fsp3) is 0.400. The first kappa shape index (κ1) is 13.6. The van der Waals surface area contributed by atoms with Crippen LogP contribution in [0, 0.1) is 0 Å². The van der Waals surface area contributed by atoms with Crippen LogP contribution in [0.2, 0.25) is 5.02 Å². The number of ether oxygens (including phenoxy) is 1. The van der Waals surface area contributed by atoms with E-state index in [-0.39, 0.29) is 12.4 Å². The summed E-state index contributed by atoms with van der Waals surface area (Å²) in [6, 6.07) is 5.63. The van der Waals surface area contributed by atoms with Gasteiger partial charge in [-0.05, 0) is 24.7 Å². The summed E-state index contributed by atoms with van der Waals surface area (Å²) in [6.07, 6.45) is 0. The molecule has 0 bridgehead atoms. The summed E-state index contributed by atoms with van der Waals surface area (Å²) in [6.45, 7) is 3.80. The summed E-state index contributed by atoms with van der Waals surface area (Å²) in [5, 5.41) is 3.97. The summed E-state index contributed by atoms with van der Waals surface area (Å²) < 4.78 is 5.20. The lowest BCUT2D eigenvalue weighted by Crippen LogP contribution is -2.12. The fourth-order valence-corrected chi connectivity index (χ4v) is 1.34. The maximum Gasteiger partial charge on any atom is 0.123 e. The van der Waals surface area contributed by atoms with Crippen LogP contribution in [-0.2, 0) is 6.54 Å². The van der Waals surface area contributed by atoms with Gasteiger partial charge in [-0.3, -0.25) is 0 Å². The second-order valence-corrected chi connectivity index (χ2v) is 3.17. The number of nitrogens with one attached hydrogen (secondary N) is 1. The minimum Gasteiger partial charge on any atom is -0.496 e. The van der Waals surface area contributed by atoms with Crippen LogP contribution >= 0.6 is 24.0 Å². The molecular formula is C10H15Cl2NO. The van der Waals surface area contributed by atoms with Gasteiger partial charge in [0.1, 0.15) is 5.75 Å². The molecule has 0 aliphatic rings. The van der Waals surface area contributed by atoms with E-state index in [0.29, 0.717) is 0 Å². The molecule has 0 heterocycles. The Morgan fingerprint density at radius 3 is 2.71 bits per heavy atom. The molecule has 1 rings (SSSR count). The topological polar surface area (TPSA) is 21.3 Å². The van der Waals surface area contributed by atoms with Gasteiger partial charge in [0.05, 0.1) is 7.11 Å². The van der Waals surface area contributed by atoms with Crippen LogP contribution in [0.15, 0.2) is 18.2 Å². The molecule has 14 heavy (non-hydrogen) atoms. The van der Waals surface area contributed by atoms with Crippen LogP contribution in [0.4, 0.5) is 0 Å². The second-order valence-electron chi connectivity index (χ2n) is 2.74. The normalized spacial score (nSPS) is 9.36. The Morgan fingerprint density at radius 1 is 1.43 bits per heavy atom. The van der Waals surface area contributed by atoms with Gasteiger partial charge in [0.25, 0.3) is 0 Å².